The Balaban J connectivity index is 1.74. The number of methoxy groups -OCH3 is 1. The molecule has 0 radical (unpaired) electrons. The van der Waals surface area contributed by atoms with Gasteiger partial charge in [0.2, 0.25) is 5.91 Å². The molecule has 0 unspecified atom stereocenters. The Bertz CT molecular complexity index is 660. The topological polar surface area (TPSA) is 49.9 Å². The van der Waals surface area contributed by atoms with Crippen LogP contribution in [0.5, 0.6) is 5.75 Å². The fourth-order valence-corrected chi connectivity index (χ4v) is 4.36. The van der Waals surface area contributed by atoms with Gasteiger partial charge in [0.1, 0.15) is 5.75 Å². The van der Waals surface area contributed by atoms with E-state index in [-0.39, 0.29) is 17.2 Å². The van der Waals surface area contributed by atoms with Crippen LogP contribution in [0.15, 0.2) is 24.3 Å². The van der Waals surface area contributed by atoms with E-state index in [4.69, 9.17) is 4.74 Å². The Morgan fingerprint density at radius 2 is 2.04 bits per heavy atom. The Labute approximate surface area is 156 Å². The zero-order valence-corrected chi connectivity index (χ0v) is 16.0. The molecule has 2 fully saturated rings. The highest BCUT2D eigenvalue weighted by Gasteiger charge is 2.42. The molecular weight excluding hydrogens is 328 g/mol. The van der Waals surface area contributed by atoms with Crippen molar-refractivity contribution in [3.63, 3.8) is 0 Å². The third kappa shape index (κ3) is 3.87. The Morgan fingerprint density at radius 3 is 2.81 bits per heavy atom. The molecule has 1 aromatic rings. The maximum Gasteiger partial charge on any atom is 0.257 e. The molecular formula is C21H30N2O3. The predicted molar refractivity (Wildman–Crippen MR) is 101 cm³/mol. The molecule has 2 aliphatic rings. The number of para-hydroxylation sites is 1. The SMILES string of the molecule is CCCCN1C[C@@]2(CCCN(C(=O)c3ccccc3OC)C2)CCC1=O. The van der Waals surface area contributed by atoms with Crippen LogP contribution >= 0.6 is 0 Å². The van der Waals surface area contributed by atoms with Gasteiger partial charge in [-0.25, -0.2) is 0 Å². The minimum absolute atomic E-state index is 0.0403. The van der Waals surface area contributed by atoms with Crippen LogP contribution in [0.2, 0.25) is 0 Å². The minimum Gasteiger partial charge on any atom is -0.496 e. The van der Waals surface area contributed by atoms with Crippen molar-refractivity contribution in [2.24, 2.45) is 5.41 Å². The molecule has 0 N–H and O–H groups in total. The van der Waals surface area contributed by atoms with Crippen molar-refractivity contribution in [2.75, 3.05) is 33.3 Å². The predicted octanol–water partition coefficient (Wildman–Crippen LogP) is 3.34. The van der Waals surface area contributed by atoms with Gasteiger partial charge in [-0.3, -0.25) is 9.59 Å². The van der Waals surface area contributed by atoms with E-state index < -0.39 is 0 Å². The van der Waals surface area contributed by atoms with E-state index >= 15 is 0 Å². The van der Waals surface area contributed by atoms with Crippen molar-refractivity contribution >= 4 is 11.8 Å². The Morgan fingerprint density at radius 1 is 1.23 bits per heavy atom. The fourth-order valence-electron chi connectivity index (χ4n) is 4.36. The molecule has 0 saturated carbocycles. The van der Waals surface area contributed by atoms with Crippen LogP contribution in [0.3, 0.4) is 0 Å². The lowest BCUT2D eigenvalue weighted by Crippen LogP contribution is -2.55. The van der Waals surface area contributed by atoms with E-state index in [2.05, 4.69) is 6.92 Å². The number of amides is 2. The first-order valence-corrected chi connectivity index (χ1v) is 9.78. The molecule has 5 heteroatoms. The molecule has 3 rings (SSSR count). The second-order valence-electron chi connectivity index (χ2n) is 7.70. The third-order valence-corrected chi connectivity index (χ3v) is 5.82. The smallest absolute Gasteiger partial charge is 0.257 e. The first-order valence-electron chi connectivity index (χ1n) is 9.78. The van der Waals surface area contributed by atoms with Gasteiger partial charge in [0.05, 0.1) is 12.7 Å². The summed E-state index contributed by atoms with van der Waals surface area (Å²) in [6.07, 6.45) is 5.74. The Hall–Kier alpha value is -2.04. The standard InChI is InChI=1S/C21H30N2O3/c1-3-4-13-22-15-21(12-10-19(22)24)11-7-14-23(16-21)20(25)17-8-5-6-9-18(17)26-2/h5-6,8-9H,3-4,7,10-16H2,1-2H3/t21-/m1/s1. The number of likely N-dealkylation sites (tertiary alicyclic amines) is 2. The van der Waals surface area contributed by atoms with Gasteiger partial charge in [0.15, 0.2) is 0 Å². The van der Waals surface area contributed by atoms with Gasteiger partial charge >= 0.3 is 0 Å². The number of hydrogen-bond donors (Lipinski definition) is 0. The van der Waals surface area contributed by atoms with Crippen molar-refractivity contribution in [3.05, 3.63) is 29.8 Å². The van der Waals surface area contributed by atoms with Crippen LogP contribution in [0.1, 0.15) is 55.8 Å². The highest BCUT2D eigenvalue weighted by molar-refractivity contribution is 5.97. The summed E-state index contributed by atoms with van der Waals surface area (Å²) in [5, 5.41) is 0. The first-order chi connectivity index (χ1) is 12.6. The van der Waals surface area contributed by atoms with E-state index in [0.717, 1.165) is 58.3 Å². The van der Waals surface area contributed by atoms with Gasteiger partial charge in [-0.05, 0) is 37.8 Å². The van der Waals surface area contributed by atoms with Crippen LogP contribution < -0.4 is 4.74 Å². The van der Waals surface area contributed by atoms with E-state index in [0.29, 0.717) is 17.7 Å². The number of benzene rings is 1. The van der Waals surface area contributed by atoms with Crippen molar-refractivity contribution in [1.29, 1.82) is 0 Å². The number of carbonyl (C=O) groups is 2. The largest absolute Gasteiger partial charge is 0.496 e. The second kappa shape index (κ2) is 8.11. The molecule has 5 nitrogen and oxygen atoms in total. The van der Waals surface area contributed by atoms with E-state index in [1.165, 1.54) is 0 Å². The molecule has 2 amide bonds. The highest BCUT2D eigenvalue weighted by Crippen LogP contribution is 2.39. The van der Waals surface area contributed by atoms with E-state index in [1.807, 2.05) is 34.1 Å². The molecule has 1 aromatic carbocycles. The molecule has 26 heavy (non-hydrogen) atoms. The molecule has 0 aliphatic carbocycles. The summed E-state index contributed by atoms with van der Waals surface area (Å²) in [5.41, 5.74) is 0.680. The van der Waals surface area contributed by atoms with Crippen molar-refractivity contribution in [1.82, 2.24) is 9.80 Å². The highest BCUT2D eigenvalue weighted by atomic mass is 16.5. The molecule has 1 atom stereocenters. The van der Waals surface area contributed by atoms with Crippen LogP contribution in [-0.4, -0.2) is 54.9 Å². The summed E-state index contributed by atoms with van der Waals surface area (Å²) in [7, 11) is 1.60. The summed E-state index contributed by atoms with van der Waals surface area (Å²) in [4.78, 5) is 29.4. The molecule has 2 heterocycles. The van der Waals surface area contributed by atoms with Crippen molar-refractivity contribution in [3.8, 4) is 5.75 Å². The lowest BCUT2D eigenvalue weighted by molar-refractivity contribution is -0.139. The summed E-state index contributed by atoms with van der Waals surface area (Å²) >= 11 is 0. The van der Waals surface area contributed by atoms with Gasteiger partial charge in [-0.2, -0.15) is 0 Å². The summed E-state index contributed by atoms with van der Waals surface area (Å²) in [5.74, 6) is 0.941. The summed E-state index contributed by atoms with van der Waals surface area (Å²) in [6.45, 7) is 5.30. The second-order valence-corrected chi connectivity index (χ2v) is 7.70. The third-order valence-electron chi connectivity index (χ3n) is 5.82. The van der Waals surface area contributed by atoms with Gasteiger partial charge < -0.3 is 14.5 Å². The van der Waals surface area contributed by atoms with Gasteiger partial charge in [-0.1, -0.05) is 25.5 Å². The molecule has 2 aliphatic heterocycles. The van der Waals surface area contributed by atoms with Crippen molar-refractivity contribution in [2.45, 2.75) is 45.4 Å². The molecule has 0 aromatic heterocycles. The average Bonchev–Trinajstić information content (AvgIpc) is 2.68. The van der Waals surface area contributed by atoms with E-state index in [9.17, 15) is 9.59 Å². The summed E-state index contributed by atoms with van der Waals surface area (Å²) < 4.78 is 5.37. The van der Waals surface area contributed by atoms with Crippen LogP contribution in [-0.2, 0) is 4.79 Å². The maximum atomic E-state index is 13.1. The number of hydrogen-bond acceptors (Lipinski definition) is 3. The van der Waals surface area contributed by atoms with Gasteiger partial charge in [0.25, 0.3) is 5.91 Å². The first kappa shape index (κ1) is 18.7. The average molecular weight is 358 g/mol. The number of carbonyl (C=O) groups excluding carboxylic acids is 2. The van der Waals surface area contributed by atoms with E-state index in [1.54, 1.807) is 7.11 Å². The number of ether oxygens (including phenoxy) is 1. The quantitative estimate of drug-likeness (QED) is 0.811. The lowest BCUT2D eigenvalue weighted by atomic mass is 9.73. The lowest BCUT2D eigenvalue weighted by Gasteiger charge is -2.48. The Kier molecular flexibility index (Phi) is 5.84. The number of unbranched alkanes of at least 4 members (excludes halogenated alkanes) is 1. The molecule has 1 spiro atoms. The van der Waals surface area contributed by atoms with Crippen molar-refractivity contribution < 1.29 is 14.3 Å². The fraction of sp³-hybridized carbons (Fsp3) is 0.619. The number of piperidine rings is 2. The number of nitrogens with zero attached hydrogens (tertiary/aromatic N) is 2. The zero-order chi connectivity index (χ0) is 18.6. The normalized spacial score (nSPS) is 23.4. The minimum atomic E-state index is 0.0403. The summed E-state index contributed by atoms with van der Waals surface area (Å²) in [6, 6.07) is 7.42. The van der Waals surface area contributed by atoms with Crippen LogP contribution in [0.4, 0.5) is 0 Å². The molecule has 142 valence electrons. The van der Waals surface area contributed by atoms with Gasteiger partial charge in [-0.15, -0.1) is 0 Å². The van der Waals surface area contributed by atoms with Crippen LogP contribution in [0.25, 0.3) is 0 Å². The maximum absolute atomic E-state index is 13.1. The zero-order valence-electron chi connectivity index (χ0n) is 16.0. The monoisotopic (exact) mass is 358 g/mol. The van der Waals surface area contributed by atoms with Gasteiger partial charge in [0, 0.05) is 38.0 Å². The van der Waals surface area contributed by atoms with Crippen LogP contribution in [0, 0.1) is 5.41 Å². The molecule has 0 bridgehead atoms. The molecule has 2 saturated heterocycles. The number of rotatable bonds is 5.